The van der Waals surface area contributed by atoms with Crippen molar-refractivity contribution < 1.29 is 9.18 Å². The number of benzene rings is 2. The number of rotatable bonds is 6. The number of fused-ring (bicyclic) bond motifs is 1. The third-order valence-corrected chi connectivity index (χ3v) is 5.50. The number of nitrogens with zero attached hydrogens (tertiary/aromatic N) is 6. The number of halogens is 1. The van der Waals surface area contributed by atoms with E-state index in [1.54, 1.807) is 22.9 Å². The molecule has 0 saturated carbocycles. The Bertz CT molecular complexity index is 1500. The van der Waals surface area contributed by atoms with Crippen LogP contribution in [0.5, 0.6) is 0 Å². The van der Waals surface area contributed by atoms with Crippen LogP contribution in [0.15, 0.2) is 67.1 Å². The molecule has 5 aromatic rings. The summed E-state index contributed by atoms with van der Waals surface area (Å²) in [5.74, 6) is -0.492. The standard InChI is InChI=1S/C25H22FN7O/c1-3-32-14-21(16(2)30-32)23-12-20(19-9-4-5-10-22(19)28-23)24(34)29-25-27-15-33(31-25)13-17-7-6-8-18(26)11-17/h4-12,14-15H,3,13H2,1-2H3,(H,29,31,34). The van der Waals surface area contributed by atoms with Crippen LogP contribution in [-0.2, 0) is 13.1 Å². The Kier molecular flexibility index (Phi) is 5.59. The van der Waals surface area contributed by atoms with Gasteiger partial charge in [-0.2, -0.15) is 5.10 Å². The largest absolute Gasteiger partial charge is 0.289 e. The maximum absolute atomic E-state index is 13.5. The number of para-hydroxylation sites is 1. The van der Waals surface area contributed by atoms with E-state index in [-0.39, 0.29) is 17.7 Å². The molecule has 0 aliphatic heterocycles. The highest BCUT2D eigenvalue weighted by atomic mass is 19.1. The zero-order valence-electron chi connectivity index (χ0n) is 18.7. The Balaban J connectivity index is 1.45. The summed E-state index contributed by atoms with van der Waals surface area (Å²) in [5.41, 5.74) is 4.30. The molecule has 0 spiro atoms. The quantitative estimate of drug-likeness (QED) is 0.408. The van der Waals surface area contributed by atoms with E-state index in [0.717, 1.165) is 28.8 Å². The molecule has 0 radical (unpaired) electrons. The van der Waals surface area contributed by atoms with Gasteiger partial charge in [-0.3, -0.25) is 14.8 Å². The Morgan fingerprint density at radius 3 is 2.71 bits per heavy atom. The third kappa shape index (κ3) is 4.27. The fourth-order valence-electron chi connectivity index (χ4n) is 3.85. The second-order valence-electron chi connectivity index (χ2n) is 7.91. The number of aromatic nitrogens is 6. The second kappa shape index (κ2) is 8.86. The van der Waals surface area contributed by atoms with Gasteiger partial charge in [0, 0.05) is 23.7 Å². The molecule has 0 bridgehead atoms. The summed E-state index contributed by atoms with van der Waals surface area (Å²) in [6, 6.07) is 15.5. The first-order valence-corrected chi connectivity index (χ1v) is 10.9. The number of hydrogen-bond donors (Lipinski definition) is 1. The van der Waals surface area contributed by atoms with E-state index in [2.05, 4.69) is 20.5 Å². The number of anilines is 1. The van der Waals surface area contributed by atoms with Gasteiger partial charge in [-0.1, -0.05) is 30.3 Å². The summed E-state index contributed by atoms with van der Waals surface area (Å²) in [6.07, 6.45) is 3.43. The van der Waals surface area contributed by atoms with Gasteiger partial charge in [0.2, 0.25) is 5.95 Å². The average Bonchev–Trinajstić information content (AvgIpc) is 3.44. The molecule has 1 N–H and O–H groups in total. The van der Waals surface area contributed by atoms with E-state index in [1.807, 2.05) is 49.0 Å². The zero-order chi connectivity index (χ0) is 23.7. The highest BCUT2D eigenvalue weighted by Gasteiger charge is 2.17. The summed E-state index contributed by atoms with van der Waals surface area (Å²) in [7, 11) is 0. The molecule has 0 aliphatic carbocycles. The van der Waals surface area contributed by atoms with Gasteiger partial charge in [0.15, 0.2) is 0 Å². The molecule has 5 rings (SSSR count). The molecular weight excluding hydrogens is 433 g/mol. The van der Waals surface area contributed by atoms with Gasteiger partial charge in [0.05, 0.1) is 29.0 Å². The lowest BCUT2D eigenvalue weighted by Gasteiger charge is -2.09. The highest BCUT2D eigenvalue weighted by molar-refractivity contribution is 6.12. The first-order valence-electron chi connectivity index (χ1n) is 10.9. The minimum atomic E-state index is -0.344. The van der Waals surface area contributed by atoms with Crippen molar-refractivity contribution in [2.75, 3.05) is 5.32 Å². The van der Waals surface area contributed by atoms with Crippen LogP contribution in [-0.4, -0.2) is 35.4 Å². The summed E-state index contributed by atoms with van der Waals surface area (Å²) >= 11 is 0. The monoisotopic (exact) mass is 455 g/mol. The fourth-order valence-corrected chi connectivity index (χ4v) is 3.85. The molecule has 0 unspecified atom stereocenters. The van der Waals surface area contributed by atoms with Crippen molar-refractivity contribution in [2.45, 2.75) is 26.9 Å². The minimum absolute atomic E-state index is 0.166. The lowest BCUT2D eigenvalue weighted by Crippen LogP contribution is -2.14. The van der Waals surface area contributed by atoms with Crippen LogP contribution < -0.4 is 5.32 Å². The zero-order valence-corrected chi connectivity index (χ0v) is 18.7. The van der Waals surface area contributed by atoms with Gasteiger partial charge in [0.1, 0.15) is 12.1 Å². The normalized spacial score (nSPS) is 11.1. The molecule has 34 heavy (non-hydrogen) atoms. The predicted octanol–water partition coefficient (Wildman–Crippen LogP) is 4.46. The Morgan fingerprint density at radius 2 is 1.91 bits per heavy atom. The van der Waals surface area contributed by atoms with Crippen LogP contribution in [0.3, 0.4) is 0 Å². The summed E-state index contributed by atoms with van der Waals surface area (Å²) in [5, 5.41) is 12.3. The average molecular weight is 455 g/mol. The SMILES string of the molecule is CCn1cc(-c2cc(C(=O)Nc3ncn(Cc4cccc(F)c4)n3)c3ccccc3n2)c(C)n1. The Morgan fingerprint density at radius 1 is 1.06 bits per heavy atom. The number of carbonyl (C=O) groups excluding carboxylic acids is 1. The number of pyridine rings is 1. The molecular formula is C25H22FN7O. The van der Waals surface area contributed by atoms with Crippen molar-refractivity contribution >= 4 is 22.8 Å². The van der Waals surface area contributed by atoms with Crippen molar-refractivity contribution in [2.24, 2.45) is 0 Å². The van der Waals surface area contributed by atoms with E-state index >= 15 is 0 Å². The van der Waals surface area contributed by atoms with Crippen molar-refractivity contribution in [3.63, 3.8) is 0 Å². The molecule has 9 heteroatoms. The molecule has 3 heterocycles. The van der Waals surface area contributed by atoms with Gasteiger partial charge in [-0.05, 0) is 43.7 Å². The van der Waals surface area contributed by atoms with Crippen LogP contribution in [0.1, 0.15) is 28.5 Å². The molecule has 0 aliphatic rings. The van der Waals surface area contributed by atoms with Crippen molar-refractivity contribution in [3.05, 3.63) is 89.8 Å². The maximum atomic E-state index is 13.5. The van der Waals surface area contributed by atoms with Gasteiger partial charge in [-0.25, -0.2) is 19.0 Å². The van der Waals surface area contributed by atoms with Gasteiger partial charge < -0.3 is 0 Å². The molecule has 0 fully saturated rings. The number of nitrogens with one attached hydrogen (secondary N) is 1. The third-order valence-electron chi connectivity index (χ3n) is 5.50. The minimum Gasteiger partial charge on any atom is -0.289 e. The highest BCUT2D eigenvalue weighted by Crippen LogP contribution is 2.27. The lowest BCUT2D eigenvalue weighted by atomic mass is 10.0. The molecule has 0 atom stereocenters. The smallest absolute Gasteiger partial charge is 0.258 e. The number of hydrogen-bond acceptors (Lipinski definition) is 5. The Hall–Kier alpha value is -4.40. The van der Waals surface area contributed by atoms with E-state index in [0.29, 0.717) is 23.3 Å². The van der Waals surface area contributed by atoms with Crippen LogP contribution in [0.4, 0.5) is 10.3 Å². The van der Waals surface area contributed by atoms with Gasteiger partial charge >= 0.3 is 0 Å². The topological polar surface area (TPSA) is 90.5 Å². The second-order valence-corrected chi connectivity index (χ2v) is 7.91. The van der Waals surface area contributed by atoms with Crippen molar-refractivity contribution in [3.8, 4) is 11.3 Å². The van der Waals surface area contributed by atoms with Gasteiger partial charge in [-0.15, -0.1) is 5.10 Å². The van der Waals surface area contributed by atoms with Crippen LogP contribution in [0.25, 0.3) is 22.2 Å². The number of amides is 1. The molecule has 3 aromatic heterocycles. The van der Waals surface area contributed by atoms with Crippen LogP contribution in [0.2, 0.25) is 0 Å². The van der Waals surface area contributed by atoms with E-state index < -0.39 is 0 Å². The summed E-state index contributed by atoms with van der Waals surface area (Å²) in [6.45, 7) is 5.02. The first kappa shape index (κ1) is 21.4. The van der Waals surface area contributed by atoms with Crippen molar-refractivity contribution in [1.29, 1.82) is 0 Å². The molecule has 0 saturated heterocycles. The van der Waals surface area contributed by atoms with E-state index in [4.69, 9.17) is 4.98 Å². The first-order chi connectivity index (χ1) is 16.5. The maximum Gasteiger partial charge on any atom is 0.258 e. The fraction of sp³-hybridized carbons (Fsp3) is 0.160. The lowest BCUT2D eigenvalue weighted by molar-refractivity contribution is 0.102. The molecule has 170 valence electrons. The number of carbonyl (C=O) groups is 1. The predicted molar refractivity (Wildman–Crippen MR) is 127 cm³/mol. The molecule has 1 amide bonds. The number of aryl methyl sites for hydroxylation is 2. The van der Waals surface area contributed by atoms with Gasteiger partial charge in [0.25, 0.3) is 5.91 Å². The molecule has 2 aromatic carbocycles. The van der Waals surface area contributed by atoms with E-state index in [1.165, 1.54) is 18.5 Å². The Labute approximate surface area is 195 Å². The van der Waals surface area contributed by atoms with Crippen LogP contribution in [0, 0.1) is 12.7 Å². The summed E-state index contributed by atoms with van der Waals surface area (Å²) in [4.78, 5) is 22.2. The van der Waals surface area contributed by atoms with E-state index in [9.17, 15) is 9.18 Å². The molecule has 8 nitrogen and oxygen atoms in total. The van der Waals surface area contributed by atoms with Crippen molar-refractivity contribution in [1.82, 2.24) is 29.5 Å². The summed E-state index contributed by atoms with van der Waals surface area (Å²) < 4.78 is 16.8. The van der Waals surface area contributed by atoms with Crippen LogP contribution >= 0.6 is 0 Å².